The number of likely N-dealkylation sites (N-methyl/N-ethyl adjacent to an activating group) is 1. The first kappa shape index (κ1) is 14.3. The molecule has 1 spiro atoms. The highest BCUT2D eigenvalue weighted by molar-refractivity contribution is 5.70. The van der Waals surface area contributed by atoms with Crippen molar-refractivity contribution in [1.82, 2.24) is 25.0 Å². The van der Waals surface area contributed by atoms with Crippen molar-refractivity contribution >= 4 is 6.09 Å². The minimum atomic E-state index is -0.281. The summed E-state index contributed by atoms with van der Waals surface area (Å²) in [5.41, 5.74) is -0.281. The van der Waals surface area contributed by atoms with Crippen LogP contribution in [0.4, 0.5) is 4.79 Å². The van der Waals surface area contributed by atoms with E-state index >= 15 is 0 Å². The van der Waals surface area contributed by atoms with Crippen LogP contribution in [0, 0.1) is 0 Å². The van der Waals surface area contributed by atoms with E-state index in [1.807, 2.05) is 6.92 Å². The minimum Gasteiger partial charge on any atom is -0.441 e. The molecule has 116 valence electrons. The fraction of sp³-hybridized carbons (Fsp3) is 0.786. The van der Waals surface area contributed by atoms with E-state index in [1.165, 1.54) is 0 Å². The maximum Gasteiger partial charge on any atom is 0.410 e. The molecular weight excluding hydrogens is 270 g/mol. The van der Waals surface area contributed by atoms with Crippen LogP contribution in [-0.4, -0.2) is 63.4 Å². The van der Waals surface area contributed by atoms with Gasteiger partial charge in [0.25, 0.3) is 0 Å². The number of nitrogens with zero attached hydrogens (tertiary/aromatic N) is 4. The summed E-state index contributed by atoms with van der Waals surface area (Å²) in [7, 11) is 1.81. The topological polar surface area (TPSA) is 74.4 Å². The van der Waals surface area contributed by atoms with Crippen LogP contribution in [0.15, 0.2) is 0 Å². The molecule has 1 amide bonds. The maximum absolute atomic E-state index is 11.6. The number of amides is 1. The summed E-state index contributed by atoms with van der Waals surface area (Å²) in [4.78, 5) is 20.1. The molecular formula is C14H23N5O2. The van der Waals surface area contributed by atoms with Crippen molar-refractivity contribution in [2.75, 3.05) is 26.7 Å². The summed E-state index contributed by atoms with van der Waals surface area (Å²) < 4.78 is 5.63. The van der Waals surface area contributed by atoms with Gasteiger partial charge in [0.1, 0.15) is 17.2 Å². The average Bonchev–Trinajstić information content (AvgIpc) is 2.95. The zero-order valence-electron chi connectivity index (χ0n) is 12.8. The number of carbonyl (C=O) groups is 1. The fourth-order valence-electron chi connectivity index (χ4n) is 3.21. The average molecular weight is 293 g/mol. The Kier molecular flexibility index (Phi) is 3.84. The van der Waals surface area contributed by atoms with Crippen molar-refractivity contribution in [3.05, 3.63) is 11.6 Å². The lowest BCUT2D eigenvalue weighted by molar-refractivity contribution is 0.0442. The van der Waals surface area contributed by atoms with E-state index in [0.717, 1.165) is 57.0 Å². The third kappa shape index (κ3) is 3.02. The van der Waals surface area contributed by atoms with Crippen LogP contribution in [-0.2, 0) is 17.7 Å². The Morgan fingerprint density at radius 1 is 1.38 bits per heavy atom. The smallest absolute Gasteiger partial charge is 0.410 e. The Balaban J connectivity index is 1.59. The molecule has 21 heavy (non-hydrogen) atoms. The molecule has 0 radical (unpaired) electrons. The summed E-state index contributed by atoms with van der Waals surface area (Å²) in [6.07, 6.45) is 3.53. The van der Waals surface area contributed by atoms with Crippen LogP contribution in [0.3, 0.4) is 0 Å². The Bertz CT molecular complexity index is 517. The van der Waals surface area contributed by atoms with E-state index in [9.17, 15) is 4.79 Å². The quantitative estimate of drug-likeness (QED) is 0.905. The molecule has 0 aliphatic carbocycles. The number of aromatic nitrogens is 3. The van der Waals surface area contributed by atoms with Crippen LogP contribution in [0.2, 0.25) is 0 Å². The summed E-state index contributed by atoms with van der Waals surface area (Å²) >= 11 is 0. The van der Waals surface area contributed by atoms with Crippen molar-refractivity contribution in [3.8, 4) is 0 Å². The van der Waals surface area contributed by atoms with Gasteiger partial charge in [-0.25, -0.2) is 9.78 Å². The molecule has 3 rings (SSSR count). The van der Waals surface area contributed by atoms with Crippen molar-refractivity contribution in [2.24, 2.45) is 0 Å². The lowest BCUT2D eigenvalue weighted by atomic mass is 9.95. The van der Waals surface area contributed by atoms with Gasteiger partial charge in [0.2, 0.25) is 0 Å². The lowest BCUT2D eigenvalue weighted by Gasteiger charge is -2.25. The Labute approximate surface area is 124 Å². The Hall–Kier alpha value is -1.63. The number of H-pyrrole nitrogens is 1. The molecule has 1 aromatic heterocycles. The van der Waals surface area contributed by atoms with Crippen LogP contribution < -0.4 is 0 Å². The van der Waals surface area contributed by atoms with Gasteiger partial charge in [-0.1, -0.05) is 6.92 Å². The fourth-order valence-corrected chi connectivity index (χ4v) is 3.21. The monoisotopic (exact) mass is 293 g/mol. The van der Waals surface area contributed by atoms with Crippen LogP contribution in [0.1, 0.15) is 37.8 Å². The molecule has 3 heterocycles. The highest BCUT2D eigenvalue weighted by Crippen LogP contribution is 2.32. The van der Waals surface area contributed by atoms with Crippen LogP contribution in [0.25, 0.3) is 0 Å². The van der Waals surface area contributed by atoms with E-state index in [1.54, 1.807) is 11.9 Å². The van der Waals surface area contributed by atoms with E-state index in [-0.39, 0.29) is 11.7 Å². The molecule has 7 heteroatoms. The second-order valence-corrected chi connectivity index (χ2v) is 6.09. The normalized spacial score (nSPS) is 27.1. The van der Waals surface area contributed by atoms with E-state index in [2.05, 4.69) is 20.1 Å². The van der Waals surface area contributed by atoms with Crippen LogP contribution >= 0.6 is 0 Å². The number of nitrogens with one attached hydrogen (secondary N) is 1. The zero-order valence-corrected chi connectivity index (χ0v) is 12.8. The molecule has 2 aliphatic rings. The number of rotatable bonds is 3. The summed E-state index contributed by atoms with van der Waals surface area (Å²) in [6, 6.07) is 0. The lowest BCUT2D eigenvalue weighted by Crippen LogP contribution is -2.35. The first-order chi connectivity index (χ1) is 10.1. The molecule has 7 nitrogen and oxygen atoms in total. The van der Waals surface area contributed by atoms with Gasteiger partial charge in [-0.15, -0.1) is 0 Å². The molecule has 2 saturated heterocycles. The van der Waals surface area contributed by atoms with E-state index in [4.69, 9.17) is 4.74 Å². The van der Waals surface area contributed by atoms with Crippen molar-refractivity contribution in [1.29, 1.82) is 0 Å². The molecule has 1 aromatic rings. The van der Waals surface area contributed by atoms with E-state index in [0.29, 0.717) is 6.54 Å². The molecule has 2 fully saturated rings. The largest absolute Gasteiger partial charge is 0.441 e. The van der Waals surface area contributed by atoms with Gasteiger partial charge in [-0.2, -0.15) is 5.10 Å². The summed E-state index contributed by atoms with van der Waals surface area (Å²) in [6.45, 7) is 5.47. The van der Waals surface area contributed by atoms with Crippen molar-refractivity contribution in [2.45, 2.75) is 44.8 Å². The number of aryl methyl sites for hydroxylation is 1. The standard InChI is InChI=1S/C14H23N5O2/c1-3-11-15-12(17-16-11)9-19-7-4-5-14(6-8-19)10-18(2)13(20)21-14/h3-10H2,1-2H3,(H,15,16,17). The van der Waals surface area contributed by atoms with Gasteiger partial charge in [-0.05, 0) is 19.4 Å². The van der Waals surface area contributed by atoms with Gasteiger partial charge in [0.15, 0.2) is 0 Å². The van der Waals surface area contributed by atoms with E-state index < -0.39 is 0 Å². The molecule has 0 aromatic carbocycles. The molecule has 1 atom stereocenters. The predicted molar refractivity (Wildman–Crippen MR) is 76.7 cm³/mol. The van der Waals surface area contributed by atoms with Gasteiger partial charge >= 0.3 is 6.09 Å². The molecule has 0 saturated carbocycles. The molecule has 1 unspecified atom stereocenters. The third-order valence-electron chi connectivity index (χ3n) is 4.40. The number of carbonyl (C=O) groups excluding carboxylic acids is 1. The number of aromatic amines is 1. The number of likely N-dealkylation sites (tertiary alicyclic amines) is 1. The van der Waals surface area contributed by atoms with Gasteiger partial charge in [0.05, 0.1) is 13.1 Å². The first-order valence-corrected chi connectivity index (χ1v) is 7.67. The first-order valence-electron chi connectivity index (χ1n) is 7.67. The second kappa shape index (κ2) is 5.63. The Morgan fingerprint density at radius 3 is 2.90 bits per heavy atom. The predicted octanol–water partition coefficient (Wildman–Crippen LogP) is 1.17. The molecule has 2 aliphatic heterocycles. The van der Waals surface area contributed by atoms with Crippen molar-refractivity contribution < 1.29 is 9.53 Å². The van der Waals surface area contributed by atoms with Gasteiger partial charge < -0.3 is 9.64 Å². The maximum atomic E-state index is 11.6. The zero-order chi connectivity index (χ0) is 14.9. The minimum absolute atomic E-state index is 0.189. The second-order valence-electron chi connectivity index (χ2n) is 6.09. The number of hydrogen-bond acceptors (Lipinski definition) is 5. The summed E-state index contributed by atoms with van der Waals surface area (Å²) in [5.74, 6) is 1.78. The SMILES string of the molecule is CCc1n[nH]c(CN2CCCC3(CC2)CN(C)C(=O)O3)n1. The van der Waals surface area contributed by atoms with Crippen molar-refractivity contribution in [3.63, 3.8) is 0 Å². The Morgan fingerprint density at radius 2 is 2.24 bits per heavy atom. The van der Waals surface area contributed by atoms with Gasteiger partial charge in [-0.3, -0.25) is 10.00 Å². The molecule has 0 bridgehead atoms. The summed E-state index contributed by atoms with van der Waals surface area (Å²) in [5, 5.41) is 7.18. The highest BCUT2D eigenvalue weighted by atomic mass is 16.6. The third-order valence-corrected chi connectivity index (χ3v) is 4.40. The number of hydrogen-bond donors (Lipinski definition) is 1. The molecule has 1 N–H and O–H groups in total. The van der Waals surface area contributed by atoms with Crippen LogP contribution in [0.5, 0.6) is 0 Å². The highest BCUT2D eigenvalue weighted by Gasteiger charge is 2.44. The van der Waals surface area contributed by atoms with Gasteiger partial charge in [0, 0.05) is 26.4 Å². The number of ether oxygens (including phenoxy) is 1.